The van der Waals surface area contributed by atoms with E-state index >= 15 is 0 Å². The third-order valence-corrected chi connectivity index (χ3v) is 5.50. The molecule has 0 amide bonds. The summed E-state index contributed by atoms with van der Waals surface area (Å²) in [5.74, 6) is 0.124. The van der Waals surface area contributed by atoms with Crippen molar-refractivity contribution in [3.05, 3.63) is 60.4 Å². The van der Waals surface area contributed by atoms with E-state index in [1.807, 2.05) is 42.6 Å². The summed E-state index contributed by atoms with van der Waals surface area (Å²) in [6.07, 6.45) is 3.50. The number of sulfone groups is 1. The molecular formula is C17H17NO3S. The maximum atomic E-state index is 12.9. The number of rotatable bonds is 3. The second-order valence-corrected chi connectivity index (χ2v) is 7.47. The van der Waals surface area contributed by atoms with Gasteiger partial charge in [-0.2, -0.15) is 0 Å². The van der Waals surface area contributed by atoms with Crippen molar-refractivity contribution < 1.29 is 13.5 Å². The Morgan fingerprint density at radius 3 is 2.36 bits per heavy atom. The molecule has 1 aromatic carbocycles. The zero-order valence-electron chi connectivity index (χ0n) is 12.4. The SMILES string of the molecule is CC(C)c1c(S(=O)(=O)c2ccc(O)cc2)cn2ccccc12. The number of aromatic hydroxyl groups is 1. The molecule has 5 heteroatoms. The van der Waals surface area contributed by atoms with Crippen LogP contribution < -0.4 is 0 Å². The highest BCUT2D eigenvalue weighted by molar-refractivity contribution is 7.91. The van der Waals surface area contributed by atoms with E-state index in [9.17, 15) is 13.5 Å². The van der Waals surface area contributed by atoms with Gasteiger partial charge in [-0.3, -0.25) is 0 Å². The molecule has 3 aromatic rings. The van der Waals surface area contributed by atoms with Crippen LogP contribution in [0.4, 0.5) is 0 Å². The molecule has 2 heterocycles. The normalized spacial score (nSPS) is 12.1. The Labute approximate surface area is 129 Å². The van der Waals surface area contributed by atoms with E-state index < -0.39 is 9.84 Å². The van der Waals surface area contributed by atoms with Gasteiger partial charge < -0.3 is 9.51 Å². The van der Waals surface area contributed by atoms with E-state index in [1.54, 1.807) is 6.20 Å². The highest BCUT2D eigenvalue weighted by atomic mass is 32.2. The predicted molar refractivity (Wildman–Crippen MR) is 85.0 cm³/mol. The second-order valence-electron chi connectivity index (χ2n) is 5.55. The highest BCUT2D eigenvalue weighted by Gasteiger charge is 2.26. The van der Waals surface area contributed by atoms with Crippen molar-refractivity contribution in [1.29, 1.82) is 0 Å². The Balaban J connectivity index is 2.29. The molecule has 0 saturated carbocycles. The summed E-state index contributed by atoms with van der Waals surface area (Å²) < 4.78 is 27.7. The molecular weight excluding hydrogens is 298 g/mol. The van der Waals surface area contributed by atoms with Gasteiger partial charge in [0.25, 0.3) is 0 Å². The first-order valence-electron chi connectivity index (χ1n) is 7.05. The van der Waals surface area contributed by atoms with Gasteiger partial charge in [0.15, 0.2) is 0 Å². The maximum absolute atomic E-state index is 12.9. The van der Waals surface area contributed by atoms with Crippen LogP contribution >= 0.6 is 0 Å². The van der Waals surface area contributed by atoms with E-state index in [0.717, 1.165) is 11.1 Å². The molecule has 0 bridgehead atoms. The average molecular weight is 315 g/mol. The molecule has 0 aliphatic rings. The molecule has 22 heavy (non-hydrogen) atoms. The first-order valence-corrected chi connectivity index (χ1v) is 8.53. The molecule has 0 unspecified atom stereocenters. The first kappa shape index (κ1) is 14.7. The van der Waals surface area contributed by atoms with Crippen molar-refractivity contribution >= 4 is 15.4 Å². The quantitative estimate of drug-likeness (QED) is 0.803. The number of aromatic nitrogens is 1. The van der Waals surface area contributed by atoms with E-state index in [0.29, 0.717) is 4.90 Å². The Morgan fingerprint density at radius 2 is 1.73 bits per heavy atom. The number of pyridine rings is 1. The minimum absolute atomic E-state index is 0.0464. The van der Waals surface area contributed by atoms with Gasteiger partial charge in [0.2, 0.25) is 9.84 Å². The summed E-state index contributed by atoms with van der Waals surface area (Å²) in [6.45, 7) is 3.97. The summed E-state index contributed by atoms with van der Waals surface area (Å²) in [5.41, 5.74) is 1.71. The molecule has 0 fully saturated rings. The third kappa shape index (κ3) is 2.27. The van der Waals surface area contributed by atoms with Crippen LogP contribution in [0, 0.1) is 0 Å². The lowest BCUT2D eigenvalue weighted by atomic mass is 10.1. The van der Waals surface area contributed by atoms with Gasteiger partial charge in [-0.05, 0) is 47.9 Å². The average Bonchev–Trinajstić information content (AvgIpc) is 2.88. The number of hydrogen-bond acceptors (Lipinski definition) is 3. The lowest BCUT2D eigenvalue weighted by Gasteiger charge is -2.09. The van der Waals surface area contributed by atoms with Gasteiger partial charge in [0.05, 0.1) is 9.79 Å². The van der Waals surface area contributed by atoms with Gasteiger partial charge in [-0.1, -0.05) is 19.9 Å². The van der Waals surface area contributed by atoms with Crippen LogP contribution in [0.15, 0.2) is 64.6 Å². The number of phenolic OH excluding ortho intramolecular Hbond substituents is 1. The molecule has 0 aliphatic heterocycles. The van der Waals surface area contributed by atoms with E-state index in [2.05, 4.69) is 0 Å². The molecule has 3 rings (SSSR count). The fourth-order valence-electron chi connectivity index (χ4n) is 2.67. The number of phenols is 1. The lowest BCUT2D eigenvalue weighted by Crippen LogP contribution is -2.04. The summed E-state index contributed by atoms with van der Waals surface area (Å²) in [6, 6.07) is 11.3. The number of hydrogen-bond donors (Lipinski definition) is 1. The first-order chi connectivity index (χ1) is 10.4. The zero-order chi connectivity index (χ0) is 15.9. The second kappa shape index (κ2) is 5.18. The number of nitrogens with zero attached hydrogens (tertiary/aromatic N) is 1. The van der Waals surface area contributed by atoms with Crippen LogP contribution in [0.25, 0.3) is 5.52 Å². The molecule has 0 saturated heterocycles. The summed E-state index contributed by atoms with van der Waals surface area (Å²) in [7, 11) is -3.63. The van der Waals surface area contributed by atoms with Gasteiger partial charge >= 0.3 is 0 Å². The molecule has 0 atom stereocenters. The lowest BCUT2D eigenvalue weighted by molar-refractivity contribution is 0.475. The van der Waals surface area contributed by atoms with Crippen LogP contribution in [0.2, 0.25) is 0 Å². The molecule has 0 radical (unpaired) electrons. The van der Waals surface area contributed by atoms with Crippen molar-refractivity contribution in [3.63, 3.8) is 0 Å². The van der Waals surface area contributed by atoms with E-state index in [4.69, 9.17) is 0 Å². The topological polar surface area (TPSA) is 58.8 Å². The molecule has 0 spiro atoms. The van der Waals surface area contributed by atoms with Crippen molar-refractivity contribution in [2.24, 2.45) is 0 Å². The van der Waals surface area contributed by atoms with E-state index in [1.165, 1.54) is 24.3 Å². The number of fused-ring (bicyclic) bond motifs is 1. The molecule has 0 aliphatic carbocycles. The van der Waals surface area contributed by atoms with Crippen LogP contribution in [0.1, 0.15) is 25.3 Å². The molecule has 4 nitrogen and oxygen atoms in total. The Morgan fingerprint density at radius 1 is 1.05 bits per heavy atom. The van der Waals surface area contributed by atoms with Crippen molar-refractivity contribution in [3.8, 4) is 5.75 Å². The van der Waals surface area contributed by atoms with Crippen molar-refractivity contribution in [2.75, 3.05) is 0 Å². The Hall–Kier alpha value is -2.27. The zero-order valence-corrected chi connectivity index (χ0v) is 13.2. The summed E-state index contributed by atoms with van der Waals surface area (Å²) >= 11 is 0. The Bertz CT molecular complexity index is 922. The largest absolute Gasteiger partial charge is 0.508 e. The monoisotopic (exact) mass is 315 g/mol. The highest BCUT2D eigenvalue weighted by Crippen LogP contribution is 2.33. The van der Waals surface area contributed by atoms with E-state index in [-0.39, 0.29) is 16.6 Å². The number of benzene rings is 1. The van der Waals surface area contributed by atoms with Crippen LogP contribution in [0.3, 0.4) is 0 Å². The third-order valence-electron chi connectivity index (χ3n) is 3.70. The maximum Gasteiger partial charge on any atom is 0.208 e. The van der Waals surface area contributed by atoms with Crippen LogP contribution in [-0.4, -0.2) is 17.9 Å². The standard InChI is InChI=1S/C17H17NO3S/c1-12(2)17-15-5-3-4-10-18(15)11-16(17)22(20,21)14-8-6-13(19)7-9-14/h3-12,19H,1-2H3. The fourth-order valence-corrected chi connectivity index (χ4v) is 4.30. The molecule has 2 aromatic heterocycles. The van der Waals surface area contributed by atoms with Crippen LogP contribution in [0.5, 0.6) is 5.75 Å². The fraction of sp³-hybridized carbons (Fsp3) is 0.176. The minimum Gasteiger partial charge on any atom is -0.508 e. The predicted octanol–water partition coefficient (Wildman–Crippen LogP) is 3.60. The summed E-state index contributed by atoms with van der Waals surface area (Å²) in [5, 5.41) is 9.35. The molecule has 114 valence electrons. The minimum atomic E-state index is -3.63. The summed E-state index contributed by atoms with van der Waals surface area (Å²) in [4.78, 5) is 0.502. The van der Waals surface area contributed by atoms with Gasteiger partial charge in [0, 0.05) is 17.9 Å². The van der Waals surface area contributed by atoms with Crippen molar-refractivity contribution in [2.45, 2.75) is 29.6 Å². The Kier molecular flexibility index (Phi) is 3.45. The molecule has 1 N–H and O–H groups in total. The van der Waals surface area contributed by atoms with Crippen molar-refractivity contribution in [1.82, 2.24) is 4.40 Å². The van der Waals surface area contributed by atoms with Gasteiger partial charge in [-0.25, -0.2) is 8.42 Å². The van der Waals surface area contributed by atoms with Crippen LogP contribution in [-0.2, 0) is 9.84 Å². The van der Waals surface area contributed by atoms with Gasteiger partial charge in [-0.15, -0.1) is 0 Å². The van der Waals surface area contributed by atoms with Gasteiger partial charge in [0.1, 0.15) is 5.75 Å². The smallest absolute Gasteiger partial charge is 0.208 e.